The number of nitrogens with one attached hydrogen (secondary N) is 7. The maximum Gasteiger partial charge on any atom is 0.423 e. The first-order valence-electron chi connectivity index (χ1n) is 26.0. The van der Waals surface area contributed by atoms with Crippen molar-refractivity contribution in [3.63, 3.8) is 0 Å². The van der Waals surface area contributed by atoms with Crippen molar-refractivity contribution < 1.29 is 90.2 Å². The number of amides is 8. The average Bonchev–Trinajstić information content (AvgIpc) is 1.88. The van der Waals surface area contributed by atoms with Gasteiger partial charge in [-0.05, 0) is 54.5 Å². The Morgan fingerprint density at radius 3 is 2.20 bits per heavy atom. The molecular weight excluding hydrogens is 1120 g/mol. The number of fused-ring (bicyclic) bond motifs is 5. The fraction of sp³-hybridized carbons (Fsp3) is 0.389. The van der Waals surface area contributed by atoms with Crippen LogP contribution in [0.5, 0.6) is 0 Å². The normalized spacial score (nSPS) is 17.6. The molecule has 26 nitrogen and oxygen atoms in total. The van der Waals surface area contributed by atoms with Crippen LogP contribution >= 0.6 is 0 Å². The number of rotatable bonds is 23. The highest BCUT2D eigenvalue weighted by atomic mass is 19.4. The van der Waals surface area contributed by atoms with E-state index in [0.717, 1.165) is 18.2 Å². The van der Waals surface area contributed by atoms with E-state index in [1.54, 1.807) is 30.3 Å². The monoisotopic (exact) mass is 1180 g/mol. The van der Waals surface area contributed by atoms with Gasteiger partial charge in [0.25, 0.3) is 23.3 Å². The Kier molecular flexibility index (Phi) is 18.1. The van der Waals surface area contributed by atoms with E-state index in [2.05, 4.69) is 31.9 Å². The second-order valence-electron chi connectivity index (χ2n) is 19.8. The Morgan fingerprint density at radius 1 is 0.869 bits per heavy atom. The topological polar surface area (TPSA) is 364 Å². The van der Waals surface area contributed by atoms with E-state index < -0.39 is 153 Å². The lowest BCUT2D eigenvalue weighted by atomic mass is 9.81. The molecule has 8 rings (SSSR count). The Bertz CT molecular complexity index is 3480. The van der Waals surface area contributed by atoms with Crippen molar-refractivity contribution in [3.8, 4) is 11.4 Å². The number of halogens is 4. The lowest BCUT2D eigenvalue weighted by molar-refractivity contribution is -0.220. The molecule has 4 aliphatic rings. The number of allylic oxidation sites excluding steroid dienone is 1. The van der Waals surface area contributed by atoms with Crippen molar-refractivity contribution in [1.29, 1.82) is 0 Å². The molecule has 3 aliphatic heterocycles. The Morgan fingerprint density at radius 2 is 1.54 bits per heavy atom. The second kappa shape index (κ2) is 25.1. The number of aliphatic hydroxyl groups excluding tert-OH is 1. The molecule has 2 aromatic heterocycles. The standard InChI is InChI=1S/C54H56F4N10O16/c1-4-53(81)31-15-36-45-29(21-67(36)50(77)30(31)22-82-52(53)80)44-33(11-10-28-25(2)32(55)16-34(65-45)43(28)44)66-49(76)46(54(56,57)58)84-24-63-39(70)19-61-47(74)35(14-27-8-6-5-7-9-27)64-40(71)20-60-38(69)18-62-48(75)37(68-41(72)12-13-42(68)73)17-59-23-83-26(3)51(78)79/h5-9,12-13,15-16,33,35,37,46,59,78-79,81H,4,10-11,14,17-24H2,1-3H3,(H,60,69)(H,61,74)(H,62,75)(H,63,70)(H,64,71)(H,66,76)/t33-,35-,37-,46-,53-/m0/s1. The fourth-order valence-electron chi connectivity index (χ4n) is 10.1. The first kappa shape index (κ1) is 60.8. The van der Waals surface area contributed by atoms with Gasteiger partial charge in [-0.2, -0.15) is 13.2 Å². The van der Waals surface area contributed by atoms with E-state index >= 15 is 4.39 Å². The summed E-state index contributed by atoms with van der Waals surface area (Å²) < 4.78 is 75.9. The first-order chi connectivity index (χ1) is 39.8. The molecule has 446 valence electrons. The predicted molar refractivity (Wildman–Crippen MR) is 280 cm³/mol. The van der Waals surface area contributed by atoms with Crippen LogP contribution in [0.1, 0.15) is 71.7 Å². The van der Waals surface area contributed by atoms with Crippen LogP contribution in [0.15, 0.2) is 71.1 Å². The molecule has 2 aromatic carbocycles. The Hall–Kier alpha value is -9.29. The SMILES string of the molecule is CC[C@@]1(O)C(=O)OCc2c1cc1n(c2=O)Cc2c-1nc1cc(F)c(C)c3c1c2[C@@H](NC(=O)[C@H](OCNC(=O)CNC(=O)[C@H](Cc1ccccc1)NC(=O)CNC(=O)CNC(=O)[C@H](CNCOC(C)=C(O)O)N1C(=O)C=CC1=O)C(F)(F)F)CC3. The van der Waals surface area contributed by atoms with Crippen LogP contribution in [0.2, 0.25) is 0 Å². The molecule has 8 amide bonds. The predicted octanol–water partition coefficient (Wildman–Crippen LogP) is -0.110. The summed E-state index contributed by atoms with van der Waals surface area (Å²) in [6, 6.07) is 6.58. The average molecular weight is 1180 g/mol. The number of imide groups is 1. The number of nitrogens with zero attached hydrogens (tertiary/aromatic N) is 3. The van der Waals surface area contributed by atoms with Crippen LogP contribution in [0, 0.1) is 12.7 Å². The number of cyclic esters (lactones) is 1. The van der Waals surface area contributed by atoms with Crippen LogP contribution in [0.3, 0.4) is 0 Å². The molecule has 30 heteroatoms. The van der Waals surface area contributed by atoms with Crippen LogP contribution < -0.4 is 42.8 Å². The number of hydrogen-bond donors (Lipinski definition) is 10. The van der Waals surface area contributed by atoms with Gasteiger partial charge in [-0.25, -0.2) is 14.2 Å². The molecule has 0 spiro atoms. The summed E-state index contributed by atoms with van der Waals surface area (Å²) in [7, 11) is 0. The van der Waals surface area contributed by atoms with Gasteiger partial charge in [0.1, 0.15) is 38.0 Å². The molecule has 1 aliphatic carbocycles. The van der Waals surface area contributed by atoms with Crippen molar-refractivity contribution in [1.82, 2.24) is 51.7 Å². The van der Waals surface area contributed by atoms with E-state index in [4.69, 9.17) is 29.4 Å². The lowest BCUT2D eigenvalue weighted by Gasteiger charge is -2.31. The third-order valence-corrected chi connectivity index (χ3v) is 14.5. The molecule has 4 aromatic rings. The van der Waals surface area contributed by atoms with Crippen molar-refractivity contribution in [3.05, 3.63) is 121 Å². The van der Waals surface area contributed by atoms with Crippen LogP contribution in [-0.4, -0.2) is 147 Å². The molecule has 0 unspecified atom stereocenters. The van der Waals surface area contributed by atoms with Crippen LogP contribution in [0.4, 0.5) is 17.6 Å². The lowest BCUT2D eigenvalue weighted by Crippen LogP contribution is -2.56. The largest absolute Gasteiger partial charge is 0.479 e. The number of benzene rings is 2. The Labute approximate surface area is 472 Å². The summed E-state index contributed by atoms with van der Waals surface area (Å²) in [5.74, 6) is -11.2. The third-order valence-electron chi connectivity index (χ3n) is 14.5. The van der Waals surface area contributed by atoms with Crippen molar-refractivity contribution >= 4 is 64.1 Å². The van der Waals surface area contributed by atoms with Gasteiger partial charge in [0.2, 0.25) is 35.6 Å². The second-order valence-corrected chi connectivity index (χ2v) is 19.8. The number of aliphatic hydroxyl groups is 3. The fourth-order valence-corrected chi connectivity index (χ4v) is 10.1. The summed E-state index contributed by atoms with van der Waals surface area (Å²) in [5, 5.41) is 46.1. The smallest absolute Gasteiger partial charge is 0.423 e. The zero-order valence-corrected chi connectivity index (χ0v) is 45.0. The quantitative estimate of drug-likeness (QED) is 0.0102. The minimum Gasteiger partial charge on any atom is -0.479 e. The van der Waals surface area contributed by atoms with E-state index in [9.17, 15) is 66.2 Å². The number of carbonyl (C=O) groups is 9. The van der Waals surface area contributed by atoms with Gasteiger partial charge in [-0.1, -0.05) is 37.3 Å². The van der Waals surface area contributed by atoms with Gasteiger partial charge < -0.3 is 66.0 Å². The maximum absolute atomic E-state index is 15.4. The number of alkyl halides is 3. The number of esters is 1. The first-order valence-corrected chi connectivity index (χ1v) is 26.0. The van der Waals surface area contributed by atoms with Crippen molar-refractivity contribution in [2.24, 2.45) is 0 Å². The van der Waals surface area contributed by atoms with Crippen molar-refractivity contribution in [2.75, 3.05) is 39.6 Å². The number of ether oxygens (including phenoxy) is 3. The summed E-state index contributed by atoms with van der Waals surface area (Å²) in [5.41, 5.74) is -0.722. The van der Waals surface area contributed by atoms with Gasteiger partial charge in [0.15, 0.2) is 11.4 Å². The number of aryl methyl sites for hydroxylation is 1. The molecule has 0 fully saturated rings. The minimum absolute atomic E-state index is 0.00124. The highest BCUT2D eigenvalue weighted by molar-refractivity contribution is 6.15. The minimum atomic E-state index is -5.36. The molecule has 0 saturated heterocycles. The molecular formula is C54H56F4N10O16. The van der Waals surface area contributed by atoms with E-state index in [-0.39, 0.29) is 77.1 Å². The van der Waals surface area contributed by atoms with Gasteiger partial charge in [-0.15, -0.1) is 0 Å². The molecule has 5 atom stereocenters. The highest BCUT2D eigenvalue weighted by Gasteiger charge is 2.49. The van der Waals surface area contributed by atoms with E-state index in [0.29, 0.717) is 27.0 Å². The maximum atomic E-state index is 15.4. The van der Waals surface area contributed by atoms with E-state index in [1.807, 2.05) is 5.32 Å². The molecule has 0 bridgehead atoms. The van der Waals surface area contributed by atoms with Crippen LogP contribution in [-0.2, 0) is 89.0 Å². The molecule has 10 N–H and O–H groups in total. The van der Waals surface area contributed by atoms with E-state index in [1.165, 1.54) is 31.4 Å². The summed E-state index contributed by atoms with van der Waals surface area (Å²) >= 11 is 0. The van der Waals surface area contributed by atoms with Gasteiger partial charge in [0.05, 0.1) is 54.7 Å². The van der Waals surface area contributed by atoms with Gasteiger partial charge in [-0.3, -0.25) is 53.4 Å². The summed E-state index contributed by atoms with van der Waals surface area (Å²) in [6.45, 7) is -0.798. The zero-order chi connectivity index (χ0) is 60.9. The molecule has 5 heterocycles. The zero-order valence-electron chi connectivity index (χ0n) is 45.0. The van der Waals surface area contributed by atoms with Crippen molar-refractivity contribution in [2.45, 2.75) is 95.6 Å². The number of pyridine rings is 2. The summed E-state index contributed by atoms with van der Waals surface area (Å²) in [6.07, 6.45) is -6.98. The van der Waals surface area contributed by atoms with Crippen LogP contribution in [0.25, 0.3) is 22.3 Å². The molecule has 0 radical (unpaired) electrons. The van der Waals surface area contributed by atoms with Gasteiger partial charge >= 0.3 is 18.1 Å². The molecule has 84 heavy (non-hydrogen) atoms. The number of carbonyl (C=O) groups excluding carboxylic acids is 9. The number of aromatic nitrogens is 2. The third kappa shape index (κ3) is 12.8. The highest BCUT2D eigenvalue weighted by Crippen LogP contribution is 2.46. The Balaban J connectivity index is 0.874. The number of hydrogen-bond acceptors (Lipinski definition) is 18. The summed E-state index contributed by atoms with van der Waals surface area (Å²) in [4.78, 5) is 136. The molecule has 0 saturated carbocycles. The van der Waals surface area contributed by atoms with Gasteiger partial charge in [0, 0.05) is 54.6 Å².